The SMILES string of the molecule is OC[C@H]1O[C@@H](O)[C@H](O)[C@@H](O[C@@H]2O[C@H](CO)[C@@H](O[C@@H]3O[C@H](CO)[C@@H](O[C@@H]4O[C@H](CO)[C@@H](O)[C@H](O)[C@H]4O)[C@H](O)[C@H]3O)[C@H](O)[C@H]2O)[C@H]1O. The highest BCUT2D eigenvalue weighted by atomic mass is 16.8. The van der Waals surface area contributed by atoms with E-state index in [1.165, 1.54) is 0 Å². The maximum absolute atomic E-state index is 10.9. The van der Waals surface area contributed by atoms with Crippen LogP contribution in [0.3, 0.4) is 0 Å². The largest absolute Gasteiger partial charge is 0.394 e. The van der Waals surface area contributed by atoms with Crippen molar-refractivity contribution >= 4 is 0 Å². The predicted molar refractivity (Wildman–Crippen MR) is 134 cm³/mol. The molecule has 0 bridgehead atoms. The molecule has 21 nitrogen and oxygen atoms in total. The zero-order chi connectivity index (χ0) is 33.3. The monoisotopic (exact) mass is 666 g/mol. The lowest BCUT2D eigenvalue weighted by atomic mass is 9.95. The first-order valence-corrected chi connectivity index (χ1v) is 14.1. The molecule has 0 amide bonds. The average molecular weight is 667 g/mol. The molecule has 0 unspecified atom stereocenters. The molecule has 0 aliphatic carbocycles. The Morgan fingerprint density at radius 2 is 0.689 bits per heavy atom. The number of hydrogen-bond donors (Lipinski definition) is 14. The molecular formula is C24H42O21. The van der Waals surface area contributed by atoms with Crippen LogP contribution in [0.5, 0.6) is 0 Å². The third-order valence-electron chi connectivity index (χ3n) is 8.20. The minimum Gasteiger partial charge on any atom is -0.394 e. The third kappa shape index (κ3) is 7.44. The molecule has 14 N–H and O–H groups in total. The van der Waals surface area contributed by atoms with Gasteiger partial charge in [-0.15, -0.1) is 0 Å². The van der Waals surface area contributed by atoms with Crippen molar-refractivity contribution in [1.82, 2.24) is 0 Å². The van der Waals surface area contributed by atoms with Crippen LogP contribution in [0.1, 0.15) is 0 Å². The summed E-state index contributed by atoms with van der Waals surface area (Å²) in [5.41, 5.74) is 0. The molecule has 4 aliphatic rings. The summed E-state index contributed by atoms with van der Waals surface area (Å²) < 4.78 is 37.5. The zero-order valence-corrected chi connectivity index (χ0v) is 23.5. The standard InChI is InChI=1S/C24H42O21/c25-1-5-9(29)11(31)14(34)22(40-5)43-18-7(3-27)41-23(15(35)12(18)32)44-19-8(4-28)42-24(16(36)13(19)33)45-20-10(30)6(2-26)39-21(38)17(20)37/h5-38H,1-4H2/t5-,6-,7-,8-,9-,10+,11+,12-,13-,14-,15-,16-,17-,18-,19-,20+,21-,22+,23+,24+/m1/s1. The second-order valence-electron chi connectivity index (χ2n) is 11.1. The normalized spacial score (nSPS) is 52.9. The van der Waals surface area contributed by atoms with Gasteiger partial charge in [-0.05, 0) is 0 Å². The molecule has 4 fully saturated rings. The molecule has 264 valence electrons. The van der Waals surface area contributed by atoms with Crippen molar-refractivity contribution in [1.29, 1.82) is 0 Å². The lowest BCUT2D eigenvalue weighted by Gasteiger charge is -2.48. The minimum absolute atomic E-state index is 0.782. The van der Waals surface area contributed by atoms with Gasteiger partial charge < -0.3 is 105 Å². The van der Waals surface area contributed by atoms with Crippen molar-refractivity contribution in [3.8, 4) is 0 Å². The van der Waals surface area contributed by atoms with Gasteiger partial charge in [0.25, 0.3) is 0 Å². The summed E-state index contributed by atoms with van der Waals surface area (Å²) in [5, 5.41) is 142. The van der Waals surface area contributed by atoms with Crippen molar-refractivity contribution in [2.24, 2.45) is 0 Å². The summed E-state index contributed by atoms with van der Waals surface area (Å²) in [6.45, 7) is -3.37. The molecule has 0 saturated carbocycles. The van der Waals surface area contributed by atoms with Crippen molar-refractivity contribution < 1.29 is 105 Å². The van der Waals surface area contributed by atoms with Gasteiger partial charge in [-0.25, -0.2) is 0 Å². The Hall–Kier alpha value is -0.840. The van der Waals surface area contributed by atoms with Crippen molar-refractivity contribution in [2.45, 2.75) is 123 Å². The number of aliphatic hydroxyl groups is 14. The van der Waals surface area contributed by atoms with Gasteiger partial charge in [0.1, 0.15) is 97.7 Å². The average Bonchev–Trinajstić information content (AvgIpc) is 3.03. The van der Waals surface area contributed by atoms with E-state index in [-0.39, 0.29) is 0 Å². The van der Waals surface area contributed by atoms with Crippen LogP contribution in [0.25, 0.3) is 0 Å². The van der Waals surface area contributed by atoms with E-state index >= 15 is 0 Å². The van der Waals surface area contributed by atoms with Gasteiger partial charge in [-0.2, -0.15) is 0 Å². The Balaban J connectivity index is 1.43. The lowest BCUT2D eigenvalue weighted by Crippen LogP contribution is -2.67. The van der Waals surface area contributed by atoms with Crippen LogP contribution in [0.2, 0.25) is 0 Å². The first-order valence-electron chi connectivity index (χ1n) is 14.1. The minimum atomic E-state index is -2.02. The quantitative estimate of drug-likeness (QED) is 0.103. The molecule has 21 heteroatoms. The molecule has 0 aromatic rings. The summed E-state index contributed by atoms with van der Waals surface area (Å²) in [4.78, 5) is 0. The van der Waals surface area contributed by atoms with Gasteiger partial charge in [0, 0.05) is 0 Å². The Morgan fingerprint density at radius 1 is 0.333 bits per heavy atom. The first-order chi connectivity index (χ1) is 21.3. The van der Waals surface area contributed by atoms with E-state index in [1.807, 2.05) is 0 Å². The van der Waals surface area contributed by atoms with Crippen LogP contribution in [0.15, 0.2) is 0 Å². The van der Waals surface area contributed by atoms with E-state index in [0.29, 0.717) is 0 Å². The fourth-order valence-corrected chi connectivity index (χ4v) is 5.54. The van der Waals surface area contributed by atoms with E-state index in [9.17, 15) is 71.5 Å². The van der Waals surface area contributed by atoms with Crippen LogP contribution in [-0.4, -0.2) is 221 Å². The number of aliphatic hydroxyl groups excluding tert-OH is 14. The molecular weight excluding hydrogens is 624 g/mol. The molecule has 0 radical (unpaired) electrons. The summed E-state index contributed by atoms with van der Waals surface area (Å²) in [6, 6.07) is 0. The highest BCUT2D eigenvalue weighted by molar-refractivity contribution is 4.97. The highest BCUT2D eigenvalue weighted by Gasteiger charge is 2.55. The van der Waals surface area contributed by atoms with Crippen LogP contribution >= 0.6 is 0 Å². The summed E-state index contributed by atoms with van der Waals surface area (Å²) in [7, 11) is 0. The molecule has 0 spiro atoms. The lowest BCUT2D eigenvalue weighted by molar-refractivity contribution is -0.387. The van der Waals surface area contributed by atoms with E-state index in [0.717, 1.165) is 0 Å². The third-order valence-corrected chi connectivity index (χ3v) is 8.20. The fourth-order valence-electron chi connectivity index (χ4n) is 5.54. The van der Waals surface area contributed by atoms with Crippen LogP contribution < -0.4 is 0 Å². The molecule has 4 heterocycles. The summed E-state index contributed by atoms with van der Waals surface area (Å²) >= 11 is 0. The van der Waals surface area contributed by atoms with Crippen LogP contribution in [-0.2, 0) is 33.2 Å². The maximum atomic E-state index is 10.9. The van der Waals surface area contributed by atoms with Gasteiger partial charge >= 0.3 is 0 Å². The van der Waals surface area contributed by atoms with Gasteiger partial charge in [0.15, 0.2) is 25.2 Å². The molecule has 45 heavy (non-hydrogen) atoms. The van der Waals surface area contributed by atoms with E-state index < -0.39 is 149 Å². The van der Waals surface area contributed by atoms with Crippen LogP contribution in [0, 0.1) is 0 Å². The van der Waals surface area contributed by atoms with E-state index in [4.69, 9.17) is 33.2 Å². The van der Waals surface area contributed by atoms with Crippen molar-refractivity contribution in [3.63, 3.8) is 0 Å². The van der Waals surface area contributed by atoms with Crippen molar-refractivity contribution in [3.05, 3.63) is 0 Å². The van der Waals surface area contributed by atoms with E-state index in [1.54, 1.807) is 0 Å². The van der Waals surface area contributed by atoms with E-state index in [2.05, 4.69) is 0 Å². The predicted octanol–water partition coefficient (Wildman–Crippen LogP) is -9.75. The summed E-state index contributed by atoms with van der Waals surface area (Å²) in [5.74, 6) is 0. The van der Waals surface area contributed by atoms with Crippen LogP contribution in [0.4, 0.5) is 0 Å². The molecule has 0 aromatic heterocycles. The number of hydrogen-bond acceptors (Lipinski definition) is 21. The topological polar surface area (TPSA) is 348 Å². The Bertz CT molecular complexity index is 912. The fraction of sp³-hybridized carbons (Fsp3) is 1.00. The zero-order valence-electron chi connectivity index (χ0n) is 23.5. The maximum Gasteiger partial charge on any atom is 0.187 e. The summed E-state index contributed by atoms with van der Waals surface area (Å²) in [6.07, 6.45) is -35.4. The second kappa shape index (κ2) is 15.6. The van der Waals surface area contributed by atoms with Gasteiger partial charge in [-0.3, -0.25) is 0 Å². The molecule has 4 saturated heterocycles. The van der Waals surface area contributed by atoms with Crippen molar-refractivity contribution in [2.75, 3.05) is 26.4 Å². The Morgan fingerprint density at radius 3 is 1.11 bits per heavy atom. The Labute approximate surface area is 254 Å². The second-order valence-corrected chi connectivity index (χ2v) is 11.1. The highest BCUT2D eigenvalue weighted by Crippen LogP contribution is 2.34. The Kier molecular flexibility index (Phi) is 12.8. The number of rotatable bonds is 10. The van der Waals surface area contributed by atoms with Gasteiger partial charge in [0.2, 0.25) is 0 Å². The number of ether oxygens (including phenoxy) is 7. The smallest absolute Gasteiger partial charge is 0.187 e. The first kappa shape index (κ1) is 37.0. The molecule has 4 rings (SSSR count). The molecule has 20 atom stereocenters. The molecule has 0 aromatic carbocycles. The van der Waals surface area contributed by atoms with Gasteiger partial charge in [0.05, 0.1) is 26.4 Å². The van der Waals surface area contributed by atoms with Gasteiger partial charge in [-0.1, -0.05) is 0 Å². The molecule has 4 aliphatic heterocycles.